The Morgan fingerprint density at radius 3 is 2.45 bits per heavy atom. The third-order valence-corrected chi connectivity index (χ3v) is 7.29. The molecule has 2 aromatic carbocycles. The van der Waals surface area contributed by atoms with E-state index in [0.29, 0.717) is 23.6 Å². The van der Waals surface area contributed by atoms with E-state index < -0.39 is 29.6 Å². The minimum Gasteiger partial charge on any atom is -0.492 e. The maximum atomic E-state index is 14.2. The monoisotopic (exact) mass is 539 g/mol. The molecule has 1 fully saturated rings. The van der Waals surface area contributed by atoms with Gasteiger partial charge >= 0.3 is 0 Å². The van der Waals surface area contributed by atoms with Crippen LogP contribution in [-0.4, -0.2) is 34.7 Å². The molecule has 9 nitrogen and oxygen atoms in total. The summed E-state index contributed by atoms with van der Waals surface area (Å²) in [6.07, 6.45) is 4.75. The highest BCUT2D eigenvalue weighted by atomic mass is 32.1. The minimum atomic E-state index is -1.20. The van der Waals surface area contributed by atoms with Crippen molar-refractivity contribution in [1.29, 1.82) is 0 Å². The Kier molecular flexibility index (Phi) is 8.57. The Hall–Kier alpha value is -3.99. The van der Waals surface area contributed by atoms with Crippen LogP contribution in [0, 0.1) is 5.82 Å². The van der Waals surface area contributed by atoms with Gasteiger partial charge < -0.3 is 21.5 Å². The van der Waals surface area contributed by atoms with Crippen molar-refractivity contribution in [2.45, 2.75) is 51.1 Å². The molecule has 1 heterocycles. The van der Waals surface area contributed by atoms with E-state index in [0.717, 1.165) is 43.6 Å². The Bertz CT molecular complexity index is 1310. The van der Waals surface area contributed by atoms with E-state index in [1.54, 1.807) is 31.2 Å². The summed E-state index contributed by atoms with van der Waals surface area (Å²) < 4.78 is 23.7. The normalized spacial score (nSPS) is 14.5. The zero-order valence-electron chi connectivity index (χ0n) is 21.0. The van der Waals surface area contributed by atoms with Gasteiger partial charge in [0.15, 0.2) is 5.69 Å². The summed E-state index contributed by atoms with van der Waals surface area (Å²) in [5.74, 6) is -2.09. The molecule has 4 rings (SSSR count). The molecule has 1 saturated carbocycles. The smallest absolute Gasteiger partial charge is 0.273 e. The molecule has 0 saturated heterocycles. The molecule has 5 N–H and O–H groups in total. The van der Waals surface area contributed by atoms with Gasteiger partial charge in [0.25, 0.3) is 11.8 Å². The molecule has 1 aliphatic carbocycles. The Labute approximate surface area is 224 Å². The molecule has 1 aliphatic rings. The van der Waals surface area contributed by atoms with E-state index in [-0.39, 0.29) is 22.3 Å². The molecule has 11 heteroatoms. The van der Waals surface area contributed by atoms with Gasteiger partial charge in [-0.05, 0) is 61.1 Å². The predicted molar refractivity (Wildman–Crippen MR) is 144 cm³/mol. The van der Waals surface area contributed by atoms with Crippen LogP contribution in [0.15, 0.2) is 48.5 Å². The van der Waals surface area contributed by atoms with Crippen LogP contribution >= 0.6 is 11.5 Å². The number of rotatable bonds is 9. The number of amides is 3. The van der Waals surface area contributed by atoms with Crippen LogP contribution in [0.25, 0.3) is 0 Å². The highest BCUT2D eigenvalue weighted by Crippen LogP contribution is 2.38. The Balaban J connectivity index is 1.88. The van der Waals surface area contributed by atoms with Crippen LogP contribution in [-0.2, 0) is 4.79 Å². The van der Waals surface area contributed by atoms with Gasteiger partial charge in [-0.1, -0.05) is 43.5 Å². The van der Waals surface area contributed by atoms with Crippen LogP contribution in [0.2, 0.25) is 0 Å². The van der Waals surface area contributed by atoms with E-state index in [9.17, 15) is 18.8 Å². The summed E-state index contributed by atoms with van der Waals surface area (Å²) in [5.41, 5.74) is 11.8. The fourth-order valence-electron chi connectivity index (χ4n) is 4.63. The lowest BCUT2D eigenvalue weighted by Crippen LogP contribution is -2.47. The topological polar surface area (TPSA) is 141 Å². The minimum absolute atomic E-state index is 0.0479. The number of nitrogens with zero attached hydrogens (tertiary/aromatic N) is 2. The molecule has 3 amide bonds. The number of nitrogens with two attached hydrogens (primary N) is 2. The molecule has 1 aromatic heterocycles. The molecule has 0 aliphatic heterocycles. The third kappa shape index (κ3) is 5.77. The van der Waals surface area contributed by atoms with E-state index in [4.69, 9.17) is 16.2 Å². The zero-order chi connectivity index (χ0) is 27.2. The van der Waals surface area contributed by atoms with Gasteiger partial charge in [-0.25, -0.2) is 4.39 Å². The van der Waals surface area contributed by atoms with Crippen molar-refractivity contribution in [2.75, 3.05) is 17.2 Å². The molecule has 3 aromatic rings. The average molecular weight is 540 g/mol. The SMILES string of the molecule is CCOc1ccccc1N(C(=O)c1snc(C(N)=O)c1N)[C@@H](C(=O)NC1CCCCC1)c1ccc(F)cc1. The number of hydrogen-bond donors (Lipinski definition) is 3. The van der Waals surface area contributed by atoms with E-state index >= 15 is 0 Å². The molecule has 0 radical (unpaired) electrons. The lowest BCUT2D eigenvalue weighted by molar-refractivity contribution is -0.123. The largest absolute Gasteiger partial charge is 0.492 e. The number of carbonyl (C=O) groups is 3. The molecule has 0 bridgehead atoms. The standard InChI is InChI=1S/C27H30FN5O4S/c1-2-37-20-11-7-6-10-19(20)33(27(36)24-21(29)22(25(30)34)32-38-24)23(16-12-14-17(28)15-13-16)26(35)31-18-8-4-3-5-9-18/h6-7,10-15,18,23H,2-5,8-9,29H2,1H3,(H2,30,34)(H,31,35)/t23-/m1/s1. The second-order valence-electron chi connectivity index (χ2n) is 9.01. The van der Waals surface area contributed by atoms with Gasteiger partial charge in [0.2, 0.25) is 5.91 Å². The number of aromatic nitrogens is 1. The lowest BCUT2D eigenvalue weighted by Gasteiger charge is -2.34. The molecule has 1 atom stereocenters. The van der Waals surface area contributed by atoms with Crippen LogP contribution in [0.4, 0.5) is 15.8 Å². The summed E-state index contributed by atoms with van der Waals surface area (Å²) in [6, 6.07) is 11.0. The molecular formula is C27H30FN5O4S. The second kappa shape index (κ2) is 12.0. The number of nitrogen functional groups attached to an aromatic ring is 1. The average Bonchev–Trinajstić information content (AvgIpc) is 3.30. The number of halogens is 1. The molecule has 0 unspecified atom stereocenters. The summed E-state index contributed by atoms with van der Waals surface area (Å²) in [5, 5.41) is 3.09. The van der Waals surface area contributed by atoms with E-state index in [2.05, 4.69) is 9.69 Å². The maximum absolute atomic E-state index is 14.2. The molecule has 38 heavy (non-hydrogen) atoms. The number of benzene rings is 2. The summed E-state index contributed by atoms with van der Waals surface area (Å²) in [7, 11) is 0. The van der Waals surface area contributed by atoms with Crippen molar-refractivity contribution in [2.24, 2.45) is 5.73 Å². The quantitative estimate of drug-likeness (QED) is 0.372. The second-order valence-corrected chi connectivity index (χ2v) is 9.79. The van der Waals surface area contributed by atoms with Crippen molar-refractivity contribution in [1.82, 2.24) is 9.69 Å². The van der Waals surface area contributed by atoms with Gasteiger partial charge in [-0.3, -0.25) is 19.3 Å². The van der Waals surface area contributed by atoms with E-state index in [1.165, 1.54) is 29.2 Å². The Morgan fingerprint density at radius 1 is 1.13 bits per heavy atom. The number of ether oxygens (including phenoxy) is 1. The van der Waals surface area contributed by atoms with Crippen molar-refractivity contribution < 1.29 is 23.5 Å². The number of hydrogen-bond acceptors (Lipinski definition) is 7. The predicted octanol–water partition coefficient (Wildman–Crippen LogP) is 4.20. The number of primary amides is 1. The zero-order valence-corrected chi connectivity index (χ0v) is 21.8. The number of para-hydroxylation sites is 2. The fraction of sp³-hybridized carbons (Fsp3) is 0.333. The van der Waals surface area contributed by atoms with Crippen LogP contribution in [0.5, 0.6) is 5.75 Å². The van der Waals surface area contributed by atoms with Gasteiger partial charge in [0.1, 0.15) is 22.5 Å². The number of nitrogens with one attached hydrogen (secondary N) is 1. The number of carbonyl (C=O) groups excluding carboxylic acids is 3. The summed E-state index contributed by atoms with van der Waals surface area (Å²) in [4.78, 5) is 41.2. The molecular weight excluding hydrogens is 509 g/mol. The van der Waals surface area contributed by atoms with Crippen LogP contribution in [0.3, 0.4) is 0 Å². The van der Waals surface area contributed by atoms with Gasteiger partial charge in [-0.2, -0.15) is 4.37 Å². The fourth-order valence-corrected chi connectivity index (χ4v) is 5.37. The van der Waals surface area contributed by atoms with Gasteiger partial charge in [0, 0.05) is 6.04 Å². The van der Waals surface area contributed by atoms with Crippen LogP contribution in [0.1, 0.15) is 70.8 Å². The summed E-state index contributed by atoms with van der Waals surface area (Å²) >= 11 is 0.718. The van der Waals surface area contributed by atoms with Crippen molar-refractivity contribution in [3.05, 3.63) is 70.5 Å². The third-order valence-electron chi connectivity index (χ3n) is 6.44. The maximum Gasteiger partial charge on any atom is 0.273 e. The molecule has 0 spiro atoms. The van der Waals surface area contributed by atoms with Gasteiger partial charge in [-0.15, -0.1) is 0 Å². The first-order chi connectivity index (χ1) is 18.3. The van der Waals surface area contributed by atoms with Crippen molar-refractivity contribution >= 4 is 40.6 Å². The molecule has 200 valence electrons. The highest BCUT2D eigenvalue weighted by molar-refractivity contribution is 7.09. The van der Waals surface area contributed by atoms with Crippen LogP contribution < -0.4 is 26.4 Å². The highest BCUT2D eigenvalue weighted by Gasteiger charge is 2.38. The van der Waals surface area contributed by atoms with E-state index in [1.807, 2.05) is 0 Å². The summed E-state index contributed by atoms with van der Waals surface area (Å²) in [6.45, 7) is 2.11. The first-order valence-electron chi connectivity index (χ1n) is 12.5. The van der Waals surface area contributed by atoms with Crippen molar-refractivity contribution in [3.63, 3.8) is 0 Å². The number of anilines is 2. The lowest BCUT2D eigenvalue weighted by atomic mass is 9.94. The Morgan fingerprint density at radius 2 is 1.82 bits per heavy atom. The first kappa shape index (κ1) is 27.1. The van der Waals surface area contributed by atoms with Gasteiger partial charge in [0.05, 0.1) is 18.0 Å². The first-order valence-corrected chi connectivity index (χ1v) is 13.2. The van der Waals surface area contributed by atoms with Crippen molar-refractivity contribution in [3.8, 4) is 5.75 Å².